The van der Waals surface area contributed by atoms with Crippen molar-refractivity contribution < 1.29 is 33.2 Å². The molecule has 0 fully saturated rings. The zero-order valence-electron chi connectivity index (χ0n) is 17.0. The molecule has 8 nitrogen and oxygen atoms in total. The van der Waals surface area contributed by atoms with Crippen molar-refractivity contribution in [1.82, 2.24) is 5.32 Å². The topological polar surface area (TPSA) is 84.5 Å². The van der Waals surface area contributed by atoms with Crippen molar-refractivity contribution in [3.05, 3.63) is 35.4 Å². The molecule has 0 bridgehead atoms. The predicted molar refractivity (Wildman–Crippen MR) is 106 cm³/mol. The lowest BCUT2D eigenvalue weighted by atomic mass is 10.1. The van der Waals surface area contributed by atoms with Gasteiger partial charge >= 0.3 is 0 Å². The number of hydrogen-bond acceptors (Lipinski definition) is 7. The quantitative estimate of drug-likeness (QED) is 0.688. The van der Waals surface area contributed by atoms with Gasteiger partial charge in [-0.1, -0.05) is 12.1 Å². The van der Waals surface area contributed by atoms with Gasteiger partial charge in [0.2, 0.25) is 24.2 Å². The van der Waals surface area contributed by atoms with E-state index in [1.165, 1.54) is 14.2 Å². The van der Waals surface area contributed by atoms with Gasteiger partial charge in [0.05, 0.1) is 34.9 Å². The Hall–Kier alpha value is -3.29. The number of hydrogen-bond donors (Lipinski definition) is 1. The molecule has 0 saturated carbocycles. The van der Waals surface area contributed by atoms with Crippen LogP contribution in [0.3, 0.4) is 0 Å². The van der Waals surface area contributed by atoms with E-state index in [0.29, 0.717) is 53.0 Å². The number of carbonyl (C=O) groups is 1. The van der Waals surface area contributed by atoms with E-state index in [1.807, 2.05) is 12.1 Å². The van der Waals surface area contributed by atoms with Crippen molar-refractivity contribution in [1.29, 1.82) is 0 Å². The highest BCUT2D eigenvalue weighted by molar-refractivity contribution is 5.80. The van der Waals surface area contributed by atoms with Gasteiger partial charge in [-0.05, 0) is 18.6 Å². The first-order chi connectivity index (χ1) is 14.1. The van der Waals surface area contributed by atoms with Gasteiger partial charge in [0.1, 0.15) is 0 Å². The average molecular weight is 403 g/mol. The number of rotatable bonds is 9. The summed E-state index contributed by atoms with van der Waals surface area (Å²) in [4.78, 5) is 12.5. The third kappa shape index (κ3) is 4.26. The molecule has 2 aromatic rings. The number of methoxy groups -OCH3 is 4. The van der Waals surface area contributed by atoms with Crippen LogP contribution < -0.4 is 33.7 Å². The smallest absolute Gasteiger partial charge is 0.231 e. The number of fused-ring (bicyclic) bond motifs is 1. The Balaban J connectivity index is 1.63. The Morgan fingerprint density at radius 3 is 2.31 bits per heavy atom. The van der Waals surface area contributed by atoms with Crippen LogP contribution in [0.1, 0.15) is 11.1 Å². The lowest BCUT2D eigenvalue weighted by Crippen LogP contribution is -2.27. The van der Waals surface area contributed by atoms with E-state index in [-0.39, 0.29) is 19.1 Å². The Morgan fingerprint density at radius 1 is 0.897 bits per heavy atom. The van der Waals surface area contributed by atoms with Crippen LogP contribution in [0.5, 0.6) is 34.5 Å². The number of amides is 1. The number of nitrogens with one attached hydrogen (secondary N) is 1. The fraction of sp³-hybridized carbons (Fsp3) is 0.381. The molecule has 0 atom stereocenters. The number of benzene rings is 2. The maximum Gasteiger partial charge on any atom is 0.231 e. The standard InChI is InChI=1S/C21H25NO7/c1-24-15-7-6-14(19(26-3)20(15)27-4)11-17(23)22-10-9-13-5-8-16-21(18(13)25-2)29-12-28-16/h5-8H,9-12H2,1-4H3,(H,22,23). The summed E-state index contributed by atoms with van der Waals surface area (Å²) in [5, 5.41) is 2.92. The summed E-state index contributed by atoms with van der Waals surface area (Å²) in [5.41, 5.74) is 1.64. The first-order valence-electron chi connectivity index (χ1n) is 9.12. The van der Waals surface area contributed by atoms with Gasteiger partial charge in [-0.3, -0.25) is 4.79 Å². The molecule has 8 heteroatoms. The van der Waals surface area contributed by atoms with Crippen LogP contribution in [0.4, 0.5) is 0 Å². The molecule has 1 N–H and O–H groups in total. The average Bonchev–Trinajstić information content (AvgIpc) is 3.21. The SMILES string of the molecule is COc1ccc(CC(=O)NCCc2ccc3c(c2OC)OCO3)c(OC)c1OC. The highest BCUT2D eigenvalue weighted by Crippen LogP contribution is 2.43. The lowest BCUT2D eigenvalue weighted by Gasteiger charge is -2.16. The molecule has 29 heavy (non-hydrogen) atoms. The van der Waals surface area contributed by atoms with Crippen LogP contribution in [0.25, 0.3) is 0 Å². The Morgan fingerprint density at radius 2 is 1.62 bits per heavy atom. The fourth-order valence-corrected chi connectivity index (χ4v) is 3.28. The van der Waals surface area contributed by atoms with E-state index in [9.17, 15) is 4.79 Å². The molecule has 0 saturated heterocycles. The zero-order chi connectivity index (χ0) is 20.8. The predicted octanol–water partition coefficient (Wildman–Crippen LogP) is 2.35. The van der Waals surface area contributed by atoms with Gasteiger partial charge in [-0.2, -0.15) is 0 Å². The minimum atomic E-state index is -0.129. The molecular formula is C21H25NO7. The van der Waals surface area contributed by atoms with Crippen LogP contribution in [0.15, 0.2) is 24.3 Å². The molecule has 0 aliphatic carbocycles. The Bertz CT molecular complexity index is 882. The Kier molecular flexibility index (Phi) is 6.54. The molecular weight excluding hydrogens is 378 g/mol. The second-order valence-electron chi connectivity index (χ2n) is 6.26. The van der Waals surface area contributed by atoms with Crippen LogP contribution in [0.2, 0.25) is 0 Å². The molecule has 1 amide bonds. The van der Waals surface area contributed by atoms with Crippen molar-refractivity contribution in [3.63, 3.8) is 0 Å². The van der Waals surface area contributed by atoms with Gasteiger partial charge < -0.3 is 33.7 Å². The zero-order valence-corrected chi connectivity index (χ0v) is 17.0. The minimum absolute atomic E-state index is 0.129. The molecule has 0 unspecified atom stereocenters. The van der Waals surface area contributed by atoms with Crippen molar-refractivity contribution in [3.8, 4) is 34.5 Å². The van der Waals surface area contributed by atoms with Crippen molar-refractivity contribution >= 4 is 5.91 Å². The summed E-state index contributed by atoms with van der Waals surface area (Å²) in [6, 6.07) is 7.30. The van der Waals surface area contributed by atoms with Crippen molar-refractivity contribution in [2.45, 2.75) is 12.8 Å². The normalized spacial score (nSPS) is 11.7. The largest absolute Gasteiger partial charge is 0.493 e. The third-order valence-corrected chi connectivity index (χ3v) is 4.63. The molecule has 1 aliphatic rings. The Labute approximate surface area is 169 Å². The maximum absolute atomic E-state index is 12.5. The molecule has 0 spiro atoms. The van der Waals surface area contributed by atoms with E-state index in [0.717, 1.165) is 5.56 Å². The highest BCUT2D eigenvalue weighted by Gasteiger charge is 2.22. The lowest BCUT2D eigenvalue weighted by molar-refractivity contribution is -0.120. The molecule has 0 aromatic heterocycles. The first kappa shape index (κ1) is 20.4. The van der Waals surface area contributed by atoms with Crippen LogP contribution >= 0.6 is 0 Å². The van der Waals surface area contributed by atoms with Crippen molar-refractivity contribution in [2.24, 2.45) is 0 Å². The summed E-state index contributed by atoms with van der Waals surface area (Å²) in [6.45, 7) is 0.628. The first-order valence-corrected chi connectivity index (χ1v) is 9.12. The van der Waals surface area contributed by atoms with E-state index in [2.05, 4.69) is 5.32 Å². The molecule has 1 aliphatic heterocycles. The van der Waals surface area contributed by atoms with Gasteiger partial charge in [0.25, 0.3) is 0 Å². The van der Waals surface area contributed by atoms with Crippen LogP contribution in [0, 0.1) is 0 Å². The maximum atomic E-state index is 12.5. The summed E-state index contributed by atoms with van der Waals surface area (Å²) in [5.74, 6) is 3.26. The van der Waals surface area contributed by atoms with E-state index in [1.54, 1.807) is 26.4 Å². The summed E-state index contributed by atoms with van der Waals surface area (Å²) < 4.78 is 32.3. The van der Waals surface area contributed by atoms with E-state index < -0.39 is 0 Å². The summed E-state index contributed by atoms with van der Waals surface area (Å²) >= 11 is 0. The highest BCUT2D eigenvalue weighted by atomic mass is 16.7. The monoisotopic (exact) mass is 403 g/mol. The molecule has 3 rings (SSSR count). The summed E-state index contributed by atoms with van der Waals surface area (Å²) in [7, 11) is 6.20. The fourth-order valence-electron chi connectivity index (χ4n) is 3.28. The van der Waals surface area contributed by atoms with Crippen molar-refractivity contribution in [2.75, 3.05) is 41.8 Å². The van der Waals surface area contributed by atoms with Gasteiger partial charge in [-0.15, -0.1) is 0 Å². The molecule has 1 heterocycles. The van der Waals surface area contributed by atoms with Gasteiger partial charge in [0, 0.05) is 17.7 Å². The number of carbonyl (C=O) groups excluding carboxylic acids is 1. The molecule has 0 radical (unpaired) electrons. The van der Waals surface area contributed by atoms with Crippen LogP contribution in [-0.4, -0.2) is 47.7 Å². The van der Waals surface area contributed by atoms with Gasteiger partial charge in [0.15, 0.2) is 23.0 Å². The minimum Gasteiger partial charge on any atom is -0.493 e. The molecule has 156 valence electrons. The number of ether oxygens (including phenoxy) is 6. The van der Waals surface area contributed by atoms with Gasteiger partial charge in [-0.25, -0.2) is 0 Å². The van der Waals surface area contributed by atoms with E-state index in [4.69, 9.17) is 28.4 Å². The third-order valence-electron chi connectivity index (χ3n) is 4.63. The van der Waals surface area contributed by atoms with Crippen LogP contribution in [-0.2, 0) is 17.6 Å². The second kappa shape index (κ2) is 9.27. The molecule has 2 aromatic carbocycles. The van der Waals surface area contributed by atoms with E-state index >= 15 is 0 Å². The summed E-state index contributed by atoms with van der Waals surface area (Å²) in [6.07, 6.45) is 0.746. The second-order valence-corrected chi connectivity index (χ2v) is 6.26.